The van der Waals surface area contributed by atoms with Crippen LogP contribution in [0.15, 0.2) is 0 Å². The average Bonchev–Trinajstić information content (AvgIpc) is 2.04. The predicted octanol–water partition coefficient (Wildman–Crippen LogP) is 2.66. The second-order valence-electron chi connectivity index (χ2n) is 3.35. The third-order valence-electron chi connectivity index (χ3n) is 2.45. The van der Waals surface area contributed by atoms with E-state index < -0.39 is 12.1 Å². The Kier molecular flexibility index (Phi) is 4.04. The van der Waals surface area contributed by atoms with E-state index >= 15 is 0 Å². The SMILES string of the molecule is FC(F)(F)C1CCN(CCBr)CC1. The zero-order chi connectivity index (χ0) is 9.90. The molecule has 0 atom stereocenters. The monoisotopic (exact) mass is 259 g/mol. The van der Waals surface area contributed by atoms with Crippen molar-refractivity contribution in [2.24, 2.45) is 5.92 Å². The Labute approximate surface area is 84.4 Å². The van der Waals surface area contributed by atoms with Crippen molar-refractivity contribution >= 4 is 15.9 Å². The Balaban J connectivity index is 2.30. The van der Waals surface area contributed by atoms with Crippen LogP contribution in [0.25, 0.3) is 0 Å². The molecule has 0 spiro atoms. The zero-order valence-electron chi connectivity index (χ0n) is 7.28. The number of piperidine rings is 1. The average molecular weight is 260 g/mol. The highest BCUT2D eigenvalue weighted by Gasteiger charge is 2.40. The van der Waals surface area contributed by atoms with Gasteiger partial charge in [-0.25, -0.2) is 0 Å². The van der Waals surface area contributed by atoms with Gasteiger partial charge in [-0.1, -0.05) is 15.9 Å². The lowest BCUT2D eigenvalue weighted by atomic mass is 9.96. The number of alkyl halides is 4. The van der Waals surface area contributed by atoms with Crippen LogP contribution in [0.3, 0.4) is 0 Å². The minimum Gasteiger partial charge on any atom is -0.302 e. The van der Waals surface area contributed by atoms with Gasteiger partial charge in [-0.15, -0.1) is 0 Å². The van der Waals surface area contributed by atoms with Crippen molar-refractivity contribution in [1.29, 1.82) is 0 Å². The maximum absolute atomic E-state index is 12.2. The molecule has 0 N–H and O–H groups in total. The normalized spacial score (nSPS) is 22.2. The lowest BCUT2D eigenvalue weighted by Gasteiger charge is -2.32. The van der Waals surface area contributed by atoms with E-state index in [-0.39, 0.29) is 12.8 Å². The molecule has 5 heteroatoms. The van der Waals surface area contributed by atoms with E-state index in [1.54, 1.807) is 0 Å². The summed E-state index contributed by atoms with van der Waals surface area (Å²) in [7, 11) is 0. The van der Waals surface area contributed by atoms with Crippen molar-refractivity contribution in [3.8, 4) is 0 Å². The fourth-order valence-electron chi connectivity index (χ4n) is 1.60. The number of nitrogens with zero attached hydrogens (tertiary/aromatic N) is 1. The summed E-state index contributed by atoms with van der Waals surface area (Å²) in [4.78, 5) is 2.07. The lowest BCUT2D eigenvalue weighted by Crippen LogP contribution is -2.39. The molecule has 1 fully saturated rings. The van der Waals surface area contributed by atoms with Crippen molar-refractivity contribution in [3.05, 3.63) is 0 Å². The standard InChI is InChI=1S/C8H13BrF3N/c9-3-6-13-4-1-7(2-5-13)8(10,11)12/h7H,1-6H2. The molecule has 0 bridgehead atoms. The first kappa shape index (κ1) is 11.3. The summed E-state index contributed by atoms with van der Waals surface area (Å²) in [6.07, 6.45) is -3.46. The summed E-state index contributed by atoms with van der Waals surface area (Å²) in [5.74, 6) is -1.07. The molecule has 1 heterocycles. The van der Waals surface area contributed by atoms with Crippen LogP contribution in [-0.4, -0.2) is 36.0 Å². The van der Waals surface area contributed by atoms with Crippen LogP contribution in [0.4, 0.5) is 13.2 Å². The topological polar surface area (TPSA) is 3.24 Å². The molecule has 0 aromatic rings. The molecule has 1 saturated heterocycles. The van der Waals surface area contributed by atoms with Crippen LogP contribution in [-0.2, 0) is 0 Å². The molecule has 0 saturated carbocycles. The van der Waals surface area contributed by atoms with Gasteiger partial charge in [0.05, 0.1) is 5.92 Å². The molecule has 78 valence electrons. The molecule has 0 aromatic heterocycles. The number of hydrogen-bond acceptors (Lipinski definition) is 1. The summed E-state index contributed by atoms with van der Waals surface area (Å²) in [6, 6.07) is 0. The Morgan fingerprint density at radius 2 is 1.77 bits per heavy atom. The number of likely N-dealkylation sites (tertiary alicyclic amines) is 1. The summed E-state index contributed by atoms with van der Waals surface area (Å²) >= 11 is 3.28. The summed E-state index contributed by atoms with van der Waals surface area (Å²) in [5.41, 5.74) is 0. The molecular weight excluding hydrogens is 247 g/mol. The quantitative estimate of drug-likeness (QED) is 0.690. The van der Waals surface area contributed by atoms with E-state index in [0.717, 1.165) is 11.9 Å². The largest absolute Gasteiger partial charge is 0.391 e. The third kappa shape index (κ3) is 3.46. The molecule has 1 rings (SSSR count). The first-order valence-corrected chi connectivity index (χ1v) is 5.51. The highest BCUT2D eigenvalue weighted by atomic mass is 79.9. The van der Waals surface area contributed by atoms with E-state index in [1.807, 2.05) is 0 Å². The fraction of sp³-hybridized carbons (Fsp3) is 1.00. The van der Waals surface area contributed by atoms with Crippen LogP contribution in [0.2, 0.25) is 0 Å². The minimum atomic E-state index is -3.99. The maximum Gasteiger partial charge on any atom is 0.391 e. The van der Waals surface area contributed by atoms with Crippen LogP contribution >= 0.6 is 15.9 Å². The zero-order valence-corrected chi connectivity index (χ0v) is 8.87. The van der Waals surface area contributed by atoms with Gasteiger partial charge in [0, 0.05) is 11.9 Å². The molecule has 0 radical (unpaired) electrons. The second kappa shape index (κ2) is 4.64. The first-order valence-electron chi connectivity index (χ1n) is 4.39. The predicted molar refractivity (Wildman–Crippen MR) is 49.0 cm³/mol. The van der Waals surface area contributed by atoms with Crippen molar-refractivity contribution in [2.75, 3.05) is 25.0 Å². The molecule has 0 amide bonds. The molecular formula is C8H13BrF3N. The van der Waals surface area contributed by atoms with Crippen LogP contribution in [0.1, 0.15) is 12.8 Å². The van der Waals surface area contributed by atoms with Gasteiger partial charge in [0.15, 0.2) is 0 Å². The number of halogens is 4. The molecule has 0 aliphatic carbocycles. The third-order valence-corrected chi connectivity index (χ3v) is 2.81. The van der Waals surface area contributed by atoms with Crippen molar-refractivity contribution in [1.82, 2.24) is 4.90 Å². The summed E-state index contributed by atoms with van der Waals surface area (Å²) < 4.78 is 36.7. The van der Waals surface area contributed by atoms with E-state index in [0.29, 0.717) is 13.1 Å². The van der Waals surface area contributed by atoms with Gasteiger partial charge in [-0.2, -0.15) is 13.2 Å². The van der Waals surface area contributed by atoms with Gasteiger partial charge in [0.2, 0.25) is 0 Å². The van der Waals surface area contributed by atoms with Gasteiger partial charge in [-0.05, 0) is 25.9 Å². The van der Waals surface area contributed by atoms with Gasteiger partial charge >= 0.3 is 6.18 Å². The first-order chi connectivity index (χ1) is 6.04. The Morgan fingerprint density at radius 1 is 1.23 bits per heavy atom. The molecule has 0 aromatic carbocycles. The van der Waals surface area contributed by atoms with E-state index in [2.05, 4.69) is 20.8 Å². The van der Waals surface area contributed by atoms with Gasteiger partial charge in [0.25, 0.3) is 0 Å². The lowest BCUT2D eigenvalue weighted by molar-refractivity contribution is -0.184. The molecule has 1 nitrogen and oxygen atoms in total. The number of hydrogen-bond donors (Lipinski definition) is 0. The van der Waals surface area contributed by atoms with E-state index in [9.17, 15) is 13.2 Å². The fourth-order valence-corrected chi connectivity index (χ4v) is 2.10. The van der Waals surface area contributed by atoms with Gasteiger partial charge in [0.1, 0.15) is 0 Å². The number of rotatable bonds is 2. The van der Waals surface area contributed by atoms with E-state index in [4.69, 9.17) is 0 Å². The molecule has 13 heavy (non-hydrogen) atoms. The molecule has 1 aliphatic rings. The Bertz CT molecular complexity index is 152. The second-order valence-corrected chi connectivity index (χ2v) is 4.14. The minimum absolute atomic E-state index is 0.260. The molecule has 0 unspecified atom stereocenters. The smallest absolute Gasteiger partial charge is 0.302 e. The summed E-state index contributed by atoms with van der Waals surface area (Å²) in [5, 5.41) is 0.837. The van der Waals surface area contributed by atoms with Gasteiger partial charge in [-0.3, -0.25) is 0 Å². The van der Waals surface area contributed by atoms with Crippen molar-refractivity contribution in [2.45, 2.75) is 19.0 Å². The van der Waals surface area contributed by atoms with Crippen LogP contribution < -0.4 is 0 Å². The van der Waals surface area contributed by atoms with Crippen LogP contribution in [0.5, 0.6) is 0 Å². The summed E-state index contributed by atoms with van der Waals surface area (Å²) in [6.45, 7) is 2.01. The Hall–Kier alpha value is 0.230. The van der Waals surface area contributed by atoms with Crippen molar-refractivity contribution < 1.29 is 13.2 Å². The van der Waals surface area contributed by atoms with E-state index in [1.165, 1.54) is 0 Å². The van der Waals surface area contributed by atoms with Crippen molar-refractivity contribution in [3.63, 3.8) is 0 Å². The highest BCUT2D eigenvalue weighted by Crippen LogP contribution is 2.33. The maximum atomic E-state index is 12.2. The van der Waals surface area contributed by atoms with Gasteiger partial charge < -0.3 is 4.90 Å². The van der Waals surface area contributed by atoms with Crippen LogP contribution in [0, 0.1) is 5.92 Å². The molecule has 1 aliphatic heterocycles. The highest BCUT2D eigenvalue weighted by molar-refractivity contribution is 9.09. The Morgan fingerprint density at radius 3 is 2.15 bits per heavy atom.